The number of hydrogen-bond donors (Lipinski definition) is 0. The third kappa shape index (κ3) is 346. The molecule has 0 spiro atoms. The van der Waals surface area contributed by atoms with Crippen LogP contribution in [0.3, 0.4) is 0 Å². The van der Waals surface area contributed by atoms with Crippen molar-refractivity contribution in [3.05, 3.63) is 0 Å². The number of rotatable bonds is 0. The number of hydrogen-bond acceptors (Lipinski definition) is 8. The maximum Gasteiger partial charge on any atom is 4.00 e. The summed E-state index contributed by atoms with van der Waals surface area (Å²) in [4.78, 5) is 51.3. The Hall–Kier alpha value is 2.58. The van der Waals surface area contributed by atoms with Gasteiger partial charge in [0.15, 0.2) is 0 Å². The summed E-state index contributed by atoms with van der Waals surface area (Å²) in [5.41, 5.74) is 0. The molecule has 0 aromatic heterocycles. The fourth-order valence-electron chi connectivity index (χ4n) is 0. The van der Waals surface area contributed by atoms with Crippen LogP contribution < -0.4 is 29.4 Å². The Kier molecular flexibility index (Phi) is 28.8. The summed E-state index contributed by atoms with van der Waals surface area (Å²) < 4.78 is 17.1. The van der Waals surface area contributed by atoms with Gasteiger partial charge in [0.05, 0.1) is 0 Å². The molecule has 0 N–H and O–H groups in total. The molecular formula is Ag2O8P2Zr. The van der Waals surface area contributed by atoms with Crippen molar-refractivity contribution in [1.29, 1.82) is 0 Å². The van der Waals surface area contributed by atoms with E-state index in [1.807, 2.05) is 0 Å². The second-order valence-corrected chi connectivity index (χ2v) is 2.68. The molecule has 84 valence electrons. The molecule has 13 heavy (non-hydrogen) atoms. The standard InChI is InChI=1S/2Ag.2H3O4P.Zr/c;;2*1-5(2,3)4;/h;;2*(H3,1,2,3,4);/q2*+1;;;+4/p-6. The molecule has 13 heteroatoms. The minimum Gasteiger partial charge on any atom is -0.822 e. The minimum atomic E-state index is -5.39. The molecule has 0 fully saturated rings. The largest absolute Gasteiger partial charge is 4.00 e. The molecule has 0 bridgehead atoms. The Bertz CT molecular complexity index is 132. The van der Waals surface area contributed by atoms with Gasteiger partial charge in [0.1, 0.15) is 0 Å². The summed E-state index contributed by atoms with van der Waals surface area (Å²) >= 11 is 0. The molecule has 8 nitrogen and oxygen atoms in total. The number of phosphoric acid groups is 2. The first-order chi connectivity index (χ1) is 4.00. The van der Waals surface area contributed by atoms with Crippen molar-refractivity contribution in [2.24, 2.45) is 0 Å². The molecule has 0 aliphatic heterocycles. The molecular weight excluding hydrogens is 497 g/mol. The van der Waals surface area contributed by atoms with Gasteiger partial charge in [0, 0.05) is 0 Å². The van der Waals surface area contributed by atoms with Crippen LogP contribution in [0.1, 0.15) is 0 Å². The minimum absolute atomic E-state index is 0. The van der Waals surface area contributed by atoms with Crippen molar-refractivity contribution in [3.8, 4) is 0 Å². The van der Waals surface area contributed by atoms with E-state index in [1.54, 1.807) is 0 Å². The van der Waals surface area contributed by atoms with Gasteiger partial charge in [-0.05, 0) is 0 Å². The van der Waals surface area contributed by atoms with Crippen molar-refractivity contribution in [1.82, 2.24) is 0 Å². The summed E-state index contributed by atoms with van der Waals surface area (Å²) in [6.07, 6.45) is 0. The summed E-state index contributed by atoms with van der Waals surface area (Å²) in [6.45, 7) is 0. The van der Waals surface area contributed by atoms with Crippen LogP contribution in [0.25, 0.3) is 0 Å². The summed E-state index contributed by atoms with van der Waals surface area (Å²) in [5.74, 6) is 0. The first-order valence-electron chi connectivity index (χ1n) is 1.46. The van der Waals surface area contributed by atoms with Crippen LogP contribution in [0.4, 0.5) is 0 Å². The maximum atomic E-state index is 8.55. The van der Waals surface area contributed by atoms with E-state index in [1.165, 1.54) is 0 Å². The third-order valence-corrected chi connectivity index (χ3v) is 0. The molecule has 0 amide bonds. The van der Waals surface area contributed by atoms with Gasteiger partial charge in [-0.1, -0.05) is 0 Å². The van der Waals surface area contributed by atoms with Crippen LogP contribution in [-0.2, 0) is 80.1 Å². The van der Waals surface area contributed by atoms with E-state index in [-0.39, 0.29) is 71.0 Å². The fourth-order valence-corrected chi connectivity index (χ4v) is 0. The zero-order valence-electron chi connectivity index (χ0n) is 5.26. The van der Waals surface area contributed by atoms with E-state index in [2.05, 4.69) is 0 Å². The van der Waals surface area contributed by atoms with E-state index in [9.17, 15) is 0 Å². The van der Waals surface area contributed by atoms with Gasteiger partial charge in [0.2, 0.25) is 0 Å². The molecule has 0 aliphatic rings. The molecule has 0 radical (unpaired) electrons. The van der Waals surface area contributed by atoms with Crippen molar-refractivity contribution in [2.75, 3.05) is 0 Å². The van der Waals surface area contributed by atoms with Crippen LogP contribution in [0, 0.1) is 0 Å². The molecule has 0 rings (SSSR count). The Morgan fingerprint density at radius 3 is 0.615 bits per heavy atom. The monoisotopic (exact) mass is 494 g/mol. The van der Waals surface area contributed by atoms with Crippen LogP contribution in [-0.4, -0.2) is 0 Å². The molecule has 0 aromatic rings. The molecule has 0 unspecified atom stereocenters. The van der Waals surface area contributed by atoms with Gasteiger partial charge in [-0.25, -0.2) is 0 Å². The van der Waals surface area contributed by atoms with Crippen molar-refractivity contribution < 1.29 is 109 Å². The first kappa shape index (κ1) is 29.6. The normalized spacial score (nSPS) is 9.08. The van der Waals surface area contributed by atoms with Crippen LogP contribution in [0.5, 0.6) is 0 Å². The van der Waals surface area contributed by atoms with Gasteiger partial charge in [-0.3, -0.25) is 0 Å². The molecule has 0 aromatic carbocycles. The quantitative estimate of drug-likeness (QED) is 0.236. The average molecular weight is 497 g/mol. The van der Waals surface area contributed by atoms with E-state index >= 15 is 0 Å². The summed E-state index contributed by atoms with van der Waals surface area (Å²) in [6, 6.07) is 0. The summed E-state index contributed by atoms with van der Waals surface area (Å²) in [7, 11) is -10.8. The molecule has 0 aliphatic carbocycles. The van der Waals surface area contributed by atoms with E-state index in [0.29, 0.717) is 0 Å². The zero-order chi connectivity index (χ0) is 9.00. The Morgan fingerprint density at radius 1 is 0.615 bits per heavy atom. The SMILES string of the molecule is O=P([O-])([O-])[O-].O=P([O-])([O-])[O-].[Ag+].[Ag+].[Zr+4]. The maximum absolute atomic E-state index is 8.55. The van der Waals surface area contributed by atoms with E-state index in [0.717, 1.165) is 0 Å². The van der Waals surface area contributed by atoms with Gasteiger partial charge in [-0.2, -0.15) is 15.6 Å². The van der Waals surface area contributed by atoms with Gasteiger partial charge in [0.25, 0.3) is 0 Å². The molecule has 0 saturated heterocycles. The molecule has 0 atom stereocenters. The Morgan fingerprint density at radius 2 is 0.615 bits per heavy atom. The first-order valence-corrected chi connectivity index (χ1v) is 4.38. The van der Waals surface area contributed by atoms with Gasteiger partial charge < -0.3 is 38.5 Å². The van der Waals surface area contributed by atoms with Crippen LogP contribution in [0.15, 0.2) is 0 Å². The fraction of sp³-hybridized carbons (Fsp3) is 0. The van der Waals surface area contributed by atoms with Crippen molar-refractivity contribution >= 4 is 15.6 Å². The van der Waals surface area contributed by atoms with Gasteiger partial charge >= 0.3 is 71.0 Å². The zero-order valence-corrected chi connectivity index (χ0v) is 12.5. The van der Waals surface area contributed by atoms with Crippen molar-refractivity contribution in [2.45, 2.75) is 0 Å². The predicted molar refractivity (Wildman–Crippen MR) is 15.2 cm³/mol. The smallest absolute Gasteiger partial charge is 0.822 e. The average Bonchev–Trinajstić information content (AvgIpc) is 1.12. The third-order valence-electron chi connectivity index (χ3n) is 0. The van der Waals surface area contributed by atoms with E-state index in [4.69, 9.17) is 38.5 Å². The second kappa shape index (κ2) is 12.7. The van der Waals surface area contributed by atoms with Crippen LogP contribution in [0.2, 0.25) is 0 Å². The van der Waals surface area contributed by atoms with Crippen LogP contribution >= 0.6 is 15.6 Å². The van der Waals surface area contributed by atoms with E-state index < -0.39 is 15.6 Å². The second-order valence-electron chi connectivity index (χ2n) is 0.894. The Labute approximate surface area is 124 Å². The summed E-state index contributed by atoms with van der Waals surface area (Å²) in [5, 5.41) is 0. The molecule has 0 saturated carbocycles. The topological polar surface area (TPSA) is 172 Å². The Balaban J connectivity index is -0.0000000267. The van der Waals surface area contributed by atoms with Crippen molar-refractivity contribution in [3.63, 3.8) is 0 Å². The van der Waals surface area contributed by atoms with Gasteiger partial charge in [-0.15, -0.1) is 0 Å². The molecule has 0 heterocycles. The predicted octanol–water partition coefficient (Wildman–Crippen LogP) is -5.66.